The zero-order valence-electron chi connectivity index (χ0n) is 16.3. The molecule has 2 aromatic carbocycles. The molecule has 1 saturated heterocycles. The van der Waals surface area contributed by atoms with E-state index in [4.69, 9.17) is 9.31 Å². The summed E-state index contributed by atoms with van der Waals surface area (Å²) in [5, 5.41) is 9.25. The molecule has 4 rings (SSSR count). The third-order valence-electron chi connectivity index (χ3n) is 6.35. The Balaban J connectivity index is 1.80. The number of hydrogen-bond donors (Lipinski definition) is 0. The number of hydrogen-bond acceptors (Lipinski definition) is 3. The highest BCUT2D eigenvalue weighted by molar-refractivity contribution is 6.62. The molecule has 0 aromatic heterocycles. The van der Waals surface area contributed by atoms with Crippen LogP contribution in [0.4, 0.5) is 0 Å². The summed E-state index contributed by atoms with van der Waals surface area (Å²) in [5.41, 5.74) is 5.80. The number of rotatable bonds is 1. The molecule has 2 aromatic rings. The Hall–Kier alpha value is -2.09. The van der Waals surface area contributed by atoms with E-state index in [-0.39, 0.29) is 23.7 Å². The van der Waals surface area contributed by atoms with E-state index in [1.54, 1.807) is 0 Å². The Bertz CT molecular complexity index is 937. The van der Waals surface area contributed by atoms with Crippen LogP contribution in [0, 0.1) is 11.3 Å². The van der Waals surface area contributed by atoms with Gasteiger partial charge in [0.05, 0.1) is 22.8 Å². The van der Waals surface area contributed by atoms with Crippen molar-refractivity contribution in [2.75, 3.05) is 0 Å². The van der Waals surface area contributed by atoms with Gasteiger partial charge in [-0.2, -0.15) is 5.26 Å². The lowest BCUT2D eigenvalue weighted by atomic mass is 9.74. The van der Waals surface area contributed by atoms with E-state index in [2.05, 4.69) is 71.9 Å². The highest BCUT2D eigenvalue weighted by Gasteiger charge is 2.52. The van der Waals surface area contributed by atoms with E-state index in [1.807, 2.05) is 12.1 Å². The van der Waals surface area contributed by atoms with E-state index in [9.17, 15) is 5.26 Å². The minimum absolute atomic E-state index is 0.113. The molecule has 4 heteroatoms. The minimum atomic E-state index is -0.362. The normalized spacial score (nSPS) is 21.2. The van der Waals surface area contributed by atoms with Gasteiger partial charge in [-0.05, 0) is 67.5 Å². The molecule has 26 heavy (non-hydrogen) atoms. The summed E-state index contributed by atoms with van der Waals surface area (Å²) < 4.78 is 12.5. The van der Waals surface area contributed by atoms with Crippen LogP contribution in [0.5, 0.6) is 0 Å². The van der Waals surface area contributed by atoms with Gasteiger partial charge in [0.15, 0.2) is 0 Å². The van der Waals surface area contributed by atoms with Crippen molar-refractivity contribution in [1.82, 2.24) is 0 Å². The smallest absolute Gasteiger partial charge is 0.399 e. The Morgan fingerprint density at radius 3 is 2.08 bits per heavy atom. The van der Waals surface area contributed by atoms with Gasteiger partial charge in [0, 0.05) is 5.41 Å². The molecule has 0 N–H and O–H groups in total. The highest BCUT2D eigenvalue weighted by atomic mass is 16.7. The van der Waals surface area contributed by atoms with Gasteiger partial charge in [0.1, 0.15) is 0 Å². The van der Waals surface area contributed by atoms with Gasteiger partial charge in [0.2, 0.25) is 0 Å². The first-order valence-corrected chi connectivity index (χ1v) is 9.12. The van der Waals surface area contributed by atoms with E-state index in [0.29, 0.717) is 5.56 Å². The molecule has 1 aliphatic carbocycles. The van der Waals surface area contributed by atoms with E-state index < -0.39 is 0 Å². The summed E-state index contributed by atoms with van der Waals surface area (Å²) in [4.78, 5) is 0. The Morgan fingerprint density at radius 1 is 0.808 bits per heavy atom. The van der Waals surface area contributed by atoms with Crippen LogP contribution in [0.3, 0.4) is 0 Å². The first-order chi connectivity index (χ1) is 12.1. The maximum Gasteiger partial charge on any atom is 0.494 e. The highest BCUT2D eigenvalue weighted by Crippen LogP contribution is 2.48. The molecule has 132 valence electrons. The molecule has 0 saturated carbocycles. The van der Waals surface area contributed by atoms with Gasteiger partial charge >= 0.3 is 7.12 Å². The van der Waals surface area contributed by atoms with Gasteiger partial charge in [-0.3, -0.25) is 0 Å². The number of fused-ring (bicyclic) bond motifs is 3. The minimum Gasteiger partial charge on any atom is -0.399 e. The fraction of sp³-hybridized carbons (Fsp3) is 0.409. The average Bonchev–Trinajstić information content (AvgIpc) is 2.94. The van der Waals surface area contributed by atoms with Crippen molar-refractivity contribution in [1.29, 1.82) is 5.26 Å². The Morgan fingerprint density at radius 2 is 1.46 bits per heavy atom. The topological polar surface area (TPSA) is 42.2 Å². The zero-order chi connectivity index (χ0) is 18.9. The number of nitriles is 1. The maximum absolute atomic E-state index is 9.25. The monoisotopic (exact) mass is 345 g/mol. The van der Waals surface area contributed by atoms with Crippen LogP contribution in [0.25, 0.3) is 11.1 Å². The fourth-order valence-electron chi connectivity index (χ4n) is 3.97. The second kappa shape index (κ2) is 5.22. The van der Waals surface area contributed by atoms with E-state index in [1.165, 1.54) is 16.7 Å². The molecular weight excluding hydrogens is 321 g/mol. The lowest BCUT2D eigenvalue weighted by molar-refractivity contribution is 0.00578. The van der Waals surface area contributed by atoms with E-state index >= 15 is 0 Å². The first kappa shape index (κ1) is 17.3. The summed E-state index contributed by atoms with van der Waals surface area (Å²) >= 11 is 0. The lowest BCUT2D eigenvalue weighted by Crippen LogP contribution is -2.41. The van der Waals surface area contributed by atoms with Crippen molar-refractivity contribution < 1.29 is 9.31 Å². The van der Waals surface area contributed by atoms with Crippen molar-refractivity contribution in [3.63, 3.8) is 0 Å². The predicted octanol–water partition coefficient (Wildman–Crippen LogP) is 4.16. The quantitative estimate of drug-likeness (QED) is 0.729. The standard InChI is InChI=1S/C22H24BNO2/c1-20(2)18-10-7-14(13-24)11-17(18)16-9-8-15(12-19(16)20)23-25-21(3,4)22(5,6)26-23/h7-12H,1-6H3. The van der Waals surface area contributed by atoms with Gasteiger partial charge in [-0.25, -0.2) is 0 Å². The van der Waals surface area contributed by atoms with Crippen LogP contribution in [0.2, 0.25) is 0 Å². The van der Waals surface area contributed by atoms with Crippen LogP contribution in [0.15, 0.2) is 36.4 Å². The average molecular weight is 345 g/mol. The molecule has 2 aliphatic rings. The first-order valence-electron chi connectivity index (χ1n) is 9.12. The molecule has 0 unspecified atom stereocenters. The summed E-state index contributed by atoms with van der Waals surface area (Å²) in [5.74, 6) is 0. The van der Waals surface area contributed by atoms with Crippen LogP contribution in [-0.2, 0) is 14.7 Å². The van der Waals surface area contributed by atoms with Crippen LogP contribution in [0.1, 0.15) is 58.2 Å². The molecule has 1 heterocycles. The molecular formula is C22H24BNO2. The number of benzene rings is 2. The molecule has 0 bridgehead atoms. The Labute approximate surface area is 156 Å². The fourth-order valence-corrected chi connectivity index (χ4v) is 3.97. The van der Waals surface area contributed by atoms with Gasteiger partial charge in [0.25, 0.3) is 0 Å². The largest absolute Gasteiger partial charge is 0.494 e. The SMILES string of the molecule is CC1(C)c2ccc(C#N)cc2-c2ccc(B3OC(C)(C)C(C)(C)O3)cc21. The molecule has 0 amide bonds. The summed E-state index contributed by atoms with van der Waals surface area (Å²) in [6.07, 6.45) is 0. The van der Waals surface area contributed by atoms with Crippen molar-refractivity contribution in [2.45, 2.75) is 58.2 Å². The van der Waals surface area contributed by atoms with Gasteiger partial charge < -0.3 is 9.31 Å². The molecule has 3 nitrogen and oxygen atoms in total. The second-order valence-corrected chi connectivity index (χ2v) is 8.89. The third kappa shape index (κ3) is 2.27. The molecule has 0 radical (unpaired) electrons. The predicted molar refractivity (Wildman–Crippen MR) is 104 cm³/mol. The number of nitrogens with zero attached hydrogens (tertiary/aromatic N) is 1. The molecule has 0 spiro atoms. The van der Waals surface area contributed by atoms with Gasteiger partial charge in [-0.1, -0.05) is 38.1 Å². The van der Waals surface area contributed by atoms with Crippen LogP contribution < -0.4 is 5.46 Å². The van der Waals surface area contributed by atoms with E-state index in [0.717, 1.165) is 11.0 Å². The Kier molecular flexibility index (Phi) is 3.48. The molecule has 1 fully saturated rings. The van der Waals surface area contributed by atoms with Gasteiger partial charge in [-0.15, -0.1) is 0 Å². The third-order valence-corrected chi connectivity index (χ3v) is 6.35. The van der Waals surface area contributed by atoms with Crippen molar-refractivity contribution in [3.05, 3.63) is 53.1 Å². The molecule has 1 aliphatic heterocycles. The molecule has 0 atom stereocenters. The zero-order valence-corrected chi connectivity index (χ0v) is 16.3. The second-order valence-electron chi connectivity index (χ2n) is 8.89. The summed E-state index contributed by atoms with van der Waals surface area (Å²) in [6.45, 7) is 12.8. The summed E-state index contributed by atoms with van der Waals surface area (Å²) in [7, 11) is -0.362. The van der Waals surface area contributed by atoms with Crippen molar-refractivity contribution in [2.24, 2.45) is 0 Å². The van der Waals surface area contributed by atoms with Crippen LogP contribution >= 0.6 is 0 Å². The maximum atomic E-state index is 9.25. The van der Waals surface area contributed by atoms with Crippen molar-refractivity contribution in [3.8, 4) is 17.2 Å². The summed E-state index contributed by atoms with van der Waals surface area (Å²) in [6, 6.07) is 14.7. The van der Waals surface area contributed by atoms with Crippen molar-refractivity contribution >= 4 is 12.6 Å². The lowest BCUT2D eigenvalue weighted by Gasteiger charge is -2.32. The van der Waals surface area contributed by atoms with Crippen LogP contribution in [-0.4, -0.2) is 18.3 Å².